The number of hydrogen-bond acceptors (Lipinski definition) is 2. The fourth-order valence-electron chi connectivity index (χ4n) is 1.37. The molecule has 1 rings (SSSR count). The summed E-state index contributed by atoms with van der Waals surface area (Å²) in [4.78, 5) is 11.5. The summed E-state index contributed by atoms with van der Waals surface area (Å²) in [7, 11) is 0. The predicted molar refractivity (Wildman–Crippen MR) is 51.3 cm³/mol. The van der Waals surface area contributed by atoms with Gasteiger partial charge < -0.3 is 10.1 Å². The fraction of sp³-hybridized carbons (Fsp3) is 0.700. The Morgan fingerprint density at radius 1 is 1.69 bits per heavy atom. The minimum atomic E-state index is -0.251. The van der Waals surface area contributed by atoms with Crippen LogP contribution >= 0.6 is 0 Å². The molecule has 0 aliphatic carbocycles. The molecule has 0 bridgehead atoms. The highest BCUT2D eigenvalue weighted by molar-refractivity contribution is 5.81. The highest BCUT2D eigenvalue weighted by atomic mass is 16.5. The lowest BCUT2D eigenvalue weighted by molar-refractivity contribution is -0.131. The van der Waals surface area contributed by atoms with Crippen LogP contribution in [-0.2, 0) is 9.53 Å². The Kier molecular flexibility index (Phi) is 3.48. The van der Waals surface area contributed by atoms with Gasteiger partial charge in [0.2, 0.25) is 5.91 Å². The van der Waals surface area contributed by atoms with Gasteiger partial charge >= 0.3 is 0 Å². The van der Waals surface area contributed by atoms with Crippen LogP contribution in [0.2, 0.25) is 0 Å². The number of rotatable bonds is 3. The molecule has 2 unspecified atom stereocenters. The lowest BCUT2D eigenvalue weighted by Crippen LogP contribution is -2.37. The normalized spacial score (nSPS) is 27.2. The maximum atomic E-state index is 11.5. The van der Waals surface area contributed by atoms with E-state index < -0.39 is 0 Å². The lowest BCUT2D eigenvalue weighted by Gasteiger charge is -2.14. The second-order valence-electron chi connectivity index (χ2n) is 3.73. The molecule has 3 heteroatoms. The van der Waals surface area contributed by atoms with E-state index in [1.807, 2.05) is 13.8 Å². The highest BCUT2D eigenvalue weighted by Crippen LogP contribution is 2.19. The number of nitrogens with one attached hydrogen (secondary N) is 1. The van der Waals surface area contributed by atoms with Crippen molar-refractivity contribution >= 4 is 5.91 Å². The molecule has 1 aliphatic rings. The summed E-state index contributed by atoms with van der Waals surface area (Å²) in [5.41, 5.74) is 0.957. The third kappa shape index (κ3) is 2.84. The molecule has 1 fully saturated rings. The van der Waals surface area contributed by atoms with Gasteiger partial charge in [0.15, 0.2) is 0 Å². The maximum Gasteiger partial charge on any atom is 0.249 e. The summed E-state index contributed by atoms with van der Waals surface area (Å²) < 4.78 is 5.32. The molecule has 13 heavy (non-hydrogen) atoms. The van der Waals surface area contributed by atoms with E-state index in [1.165, 1.54) is 0 Å². The van der Waals surface area contributed by atoms with Crippen LogP contribution in [0, 0.1) is 5.92 Å². The first-order valence-electron chi connectivity index (χ1n) is 4.65. The van der Waals surface area contributed by atoms with Crippen LogP contribution in [0.15, 0.2) is 12.2 Å². The minimum absolute atomic E-state index is 0.00648. The van der Waals surface area contributed by atoms with Crippen LogP contribution in [-0.4, -0.2) is 25.2 Å². The Morgan fingerprint density at radius 2 is 2.38 bits per heavy atom. The van der Waals surface area contributed by atoms with Crippen LogP contribution < -0.4 is 5.32 Å². The van der Waals surface area contributed by atoms with E-state index in [1.54, 1.807) is 0 Å². The Bertz CT molecular complexity index is 213. The summed E-state index contributed by atoms with van der Waals surface area (Å²) in [5, 5.41) is 2.79. The molecule has 1 aliphatic heterocycles. The molecule has 2 atom stereocenters. The van der Waals surface area contributed by atoms with Gasteiger partial charge in [0.05, 0.1) is 0 Å². The van der Waals surface area contributed by atoms with Crippen molar-refractivity contribution in [3.63, 3.8) is 0 Å². The fourth-order valence-corrected chi connectivity index (χ4v) is 1.37. The molecule has 0 spiro atoms. The molecular weight excluding hydrogens is 166 g/mol. The van der Waals surface area contributed by atoms with Crippen molar-refractivity contribution in [2.75, 3.05) is 13.2 Å². The summed E-state index contributed by atoms with van der Waals surface area (Å²) in [5.74, 6) is 0.332. The van der Waals surface area contributed by atoms with Crippen molar-refractivity contribution in [3.8, 4) is 0 Å². The molecule has 1 saturated heterocycles. The summed E-state index contributed by atoms with van der Waals surface area (Å²) in [6, 6.07) is 0. The molecule has 1 heterocycles. The minimum Gasteiger partial charge on any atom is -0.368 e. The van der Waals surface area contributed by atoms with Gasteiger partial charge in [0.25, 0.3) is 0 Å². The topological polar surface area (TPSA) is 38.3 Å². The second-order valence-corrected chi connectivity index (χ2v) is 3.73. The van der Waals surface area contributed by atoms with Gasteiger partial charge in [-0.15, -0.1) is 0 Å². The zero-order chi connectivity index (χ0) is 9.84. The summed E-state index contributed by atoms with van der Waals surface area (Å²) >= 11 is 0. The standard InChI is InChI=1S/C10H17NO2/c1-7(2)6-11-10(12)9-8(3)4-5-13-9/h8-9H,1,4-6H2,2-3H3,(H,11,12). The van der Waals surface area contributed by atoms with E-state index in [2.05, 4.69) is 11.9 Å². The van der Waals surface area contributed by atoms with E-state index in [4.69, 9.17) is 4.74 Å². The van der Waals surface area contributed by atoms with E-state index in [0.717, 1.165) is 12.0 Å². The molecule has 0 aromatic carbocycles. The smallest absolute Gasteiger partial charge is 0.249 e. The molecule has 0 aromatic rings. The molecule has 0 aromatic heterocycles. The van der Waals surface area contributed by atoms with Crippen molar-refractivity contribution in [2.45, 2.75) is 26.4 Å². The number of amides is 1. The van der Waals surface area contributed by atoms with Gasteiger partial charge in [-0.05, 0) is 19.3 Å². The monoisotopic (exact) mass is 183 g/mol. The Labute approximate surface area is 79.2 Å². The predicted octanol–water partition coefficient (Wildman–Crippen LogP) is 1.10. The average Bonchev–Trinajstić information content (AvgIpc) is 2.47. The van der Waals surface area contributed by atoms with E-state index in [0.29, 0.717) is 19.1 Å². The largest absolute Gasteiger partial charge is 0.368 e. The van der Waals surface area contributed by atoms with Gasteiger partial charge in [0, 0.05) is 13.2 Å². The molecule has 0 radical (unpaired) electrons. The molecule has 74 valence electrons. The van der Waals surface area contributed by atoms with Crippen LogP contribution in [0.3, 0.4) is 0 Å². The average molecular weight is 183 g/mol. The van der Waals surface area contributed by atoms with Crippen LogP contribution in [0.5, 0.6) is 0 Å². The zero-order valence-electron chi connectivity index (χ0n) is 8.30. The summed E-state index contributed by atoms with van der Waals surface area (Å²) in [6.07, 6.45) is 0.727. The third-order valence-electron chi connectivity index (χ3n) is 2.21. The number of carbonyl (C=O) groups excluding carboxylic acids is 1. The van der Waals surface area contributed by atoms with Crippen LogP contribution in [0.25, 0.3) is 0 Å². The lowest BCUT2D eigenvalue weighted by atomic mass is 10.0. The third-order valence-corrected chi connectivity index (χ3v) is 2.21. The first kappa shape index (κ1) is 10.3. The number of hydrogen-bond donors (Lipinski definition) is 1. The quantitative estimate of drug-likeness (QED) is 0.665. The first-order valence-corrected chi connectivity index (χ1v) is 4.65. The number of ether oxygens (including phenoxy) is 1. The van der Waals surface area contributed by atoms with Crippen LogP contribution in [0.1, 0.15) is 20.3 Å². The Hall–Kier alpha value is -0.830. The maximum absolute atomic E-state index is 11.5. The van der Waals surface area contributed by atoms with Crippen molar-refractivity contribution in [3.05, 3.63) is 12.2 Å². The molecule has 1 amide bonds. The van der Waals surface area contributed by atoms with E-state index >= 15 is 0 Å². The first-order chi connectivity index (χ1) is 6.11. The van der Waals surface area contributed by atoms with Gasteiger partial charge in [-0.3, -0.25) is 4.79 Å². The highest BCUT2D eigenvalue weighted by Gasteiger charge is 2.30. The Morgan fingerprint density at radius 3 is 2.85 bits per heavy atom. The van der Waals surface area contributed by atoms with Gasteiger partial charge in [-0.1, -0.05) is 19.1 Å². The van der Waals surface area contributed by atoms with Crippen molar-refractivity contribution in [2.24, 2.45) is 5.92 Å². The molecule has 3 nitrogen and oxygen atoms in total. The van der Waals surface area contributed by atoms with Crippen LogP contribution in [0.4, 0.5) is 0 Å². The van der Waals surface area contributed by atoms with Crippen molar-refractivity contribution in [1.82, 2.24) is 5.32 Å². The number of carbonyl (C=O) groups is 1. The second kappa shape index (κ2) is 4.42. The Balaban J connectivity index is 2.34. The summed E-state index contributed by atoms with van der Waals surface area (Å²) in [6.45, 7) is 8.89. The van der Waals surface area contributed by atoms with Gasteiger partial charge in [-0.25, -0.2) is 0 Å². The SMILES string of the molecule is C=C(C)CNC(=O)C1OCCC1C. The molecule has 0 saturated carbocycles. The van der Waals surface area contributed by atoms with Gasteiger partial charge in [-0.2, -0.15) is 0 Å². The van der Waals surface area contributed by atoms with E-state index in [9.17, 15) is 4.79 Å². The molecule has 1 N–H and O–H groups in total. The van der Waals surface area contributed by atoms with E-state index in [-0.39, 0.29) is 12.0 Å². The van der Waals surface area contributed by atoms with Crippen molar-refractivity contribution in [1.29, 1.82) is 0 Å². The molecular formula is C10H17NO2. The van der Waals surface area contributed by atoms with Crippen molar-refractivity contribution < 1.29 is 9.53 Å². The van der Waals surface area contributed by atoms with Gasteiger partial charge in [0.1, 0.15) is 6.10 Å². The zero-order valence-corrected chi connectivity index (χ0v) is 8.30.